The van der Waals surface area contributed by atoms with Crippen LogP contribution in [0.5, 0.6) is 0 Å². The van der Waals surface area contributed by atoms with E-state index in [1.54, 1.807) is 11.3 Å². The Bertz CT molecular complexity index is 572. The molecular weight excluding hydrogens is 298 g/mol. The predicted octanol–water partition coefficient (Wildman–Crippen LogP) is 2.90. The van der Waals surface area contributed by atoms with E-state index in [4.69, 9.17) is 4.74 Å². The smallest absolute Gasteiger partial charge is 0.308 e. The molecule has 1 aromatic rings. The molecule has 0 spiro atoms. The third-order valence-corrected chi connectivity index (χ3v) is 6.00. The summed E-state index contributed by atoms with van der Waals surface area (Å²) in [6, 6.07) is 0. The Balaban J connectivity index is 1.67. The molecule has 4 nitrogen and oxygen atoms in total. The molecule has 120 valence electrons. The SMILES string of the molecule is COC(=O)C1CCN(C(=O)c2csc3c2CC[C@@H](C)C3)CC1. The van der Waals surface area contributed by atoms with Gasteiger partial charge in [-0.2, -0.15) is 0 Å². The molecule has 0 radical (unpaired) electrons. The van der Waals surface area contributed by atoms with Crippen LogP contribution >= 0.6 is 11.3 Å². The Morgan fingerprint density at radius 2 is 2.00 bits per heavy atom. The highest BCUT2D eigenvalue weighted by Crippen LogP contribution is 2.34. The van der Waals surface area contributed by atoms with Gasteiger partial charge in [-0.3, -0.25) is 9.59 Å². The van der Waals surface area contributed by atoms with Crippen LogP contribution in [0.2, 0.25) is 0 Å². The molecule has 0 aromatic carbocycles. The number of ether oxygens (including phenoxy) is 1. The van der Waals surface area contributed by atoms with E-state index >= 15 is 0 Å². The third kappa shape index (κ3) is 2.91. The number of likely N-dealkylation sites (tertiary alicyclic amines) is 1. The summed E-state index contributed by atoms with van der Waals surface area (Å²) < 4.78 is 4.80. The van der Waals surface area contributed by atoms with E-state index in [0.717, 1.165) is 24.3 Å². The van der Waals surface area contributed by atoms with Crippen molar-refractivity contribution in [2.45, 2.75) is 39.0 Å². The Hall–Kier alpha value is -1.36. The van der Waals surface area contributed by atoms with Crippen LogP contribution in [0.25, 0.3) is 0 Å². The molecule has 5 heteroatoms. The summed E-state index contributed by atoms with van der Waals surface area (Å²) >= 11 is 1.74. The zero-order valence-corrected chi connectivity index (χ0v) is 14.1. The third-order valence-electron chi connectivity index (χ3n) is 4.95. The predicted molar refractivity (Wildman–Crippen MR) is 86.2 cm³/mol. The number of carbonyl (C=O) groups is 2. The molecule has 1 aliphatic heterocycles. The van der Waals surface area contributed by atoms with E-state index in [0.29, 0.717) is 25.9 Å². The number of hydrogen-bond acceptors (Lipinski definition) is 4. The number of amides is 1. The van der Waals surface area contributed by atoms with Crippen molar-refractivity contribution in [3.05, 3.63) is 21.4 Å². The molecule has 2 aliphatic rings. The lowest BCUT2D eigenvalue weighted by atomic mass is 9.88. The van der Waals surface area contributed by atoms with E-state index in [-0.39, 0.29) is 17.8 Å². The van der Waals surface area contributed by atoms with Crippen LogP contribution in [0.3, 0.4) is 0 Å². The van der Waals surface area contributed by atoms with Gasteiger partial charge in [-0.25, -0.2) is 0 Å². The first-order valence-electron chi connectivity index (χ1n) is 8.06. The van der Waals surface area contributed by atoms with Crippen molar-refractivity contribution in [2.24, 2.45) is 11.8 Å². The first-order chi connectivity index (χ1) is 10.6. The number of methoxy groups -OCH3 is 1. The molecule has 0 bridgehead atoms. The summed E-state index contributed by atoms with van der Waals surface area (Å²) in [4.78, 5) is 27.6. The fourth-order valence-electron chi connectivity index (χ4n) is 3.51. The van der Waals surface area contributed by atoms with Crippen LogP contribution in [0.1, 0.15) is 47.0 Å². The molecule has 1 atom stereocenters. The van der Waals surface area contributed by atoms with Gasteiger partial charge in [-0.1, -0.05) is 6.92 Å². The summed E-state index contributed by atoms with van der Waals surface area (Å²) in [5, 5.41) is 2.04. The maximum absolute atomic E-state index is 12.8. The second-order valence-electron chi connectivity index (χ2n) is 6.49. The first-order valence-corrected chi connectivity index (χ1v) is 8.94. The van der Waals surface area contributed by atoms with Crippen LogP contribution in [0, 0.1) is 11.8 Å². The van der Waals surface area contributed by atoms with Gasteiger partial charge in [0.05, 0.1) is 18.6 Å². The van der Waals surface area contributed by atoms with E-state index < -0.39 is 0 Å². The fourth-order valence-corrected chi connectivity index (χ4v) is 4.75. The average Bonchev–Trinajstić information content (AvgIpc) is 2.96. The molecule has 1 amide bonds. The topological polar surface area (TPSA) is 46.6 Å². The van der Waals surface area contributed by atoms with Gasteiger partial charge < -0.3 is 9.64 Å². The zero-order valence-electron chi connectivity index (χ0n) is 13.3. The monoisotopic (exact) mass is 321 g/mol. The molecule has 3 rings (SSSR count). The number of rotatable bonds is 2. The molecule has 1 aliphatic carbocycles. The number of nitrogens with zero attached hydrogens (tertiary/aromatic N) is 1. The summed E-state index contributed by atoms with van der Waals surface area (Å²) in [6.45, 7) is 3.58. The molecule has 0 unspecified atom stereocenters. The van der Waals surface area contributed by atoms with E-state index in [2.05, 4.69) is 6.92 Å². The molecule has 1 saturated heterocycles. The van der Waals surface area contributed by atoms with E-state index in [1.165, 1.54) is 24.0 Å². The lowest BCUT2D eigenvalue weighted by Gasteiger charge is -2.31. The minimum atomic E-state index is -0.144. The Labute approximate surface area is 135 Å². The molecule has 1 aromatic heterocycles. The second-order valence-corrected chi connectivity index (χ2v) is 7.45. The van der Waals surface area contributed by atoms with Crippen molar-refractivity contribution in [1.29, 1.82) is 0 Å². The summed E-state index contributed by atoms with van der Waals surface area (Å²) in [5.41, 5.74) is 2.19. The number of thiophene rings is 1. The van der Waals surface area contributed by atoms with Crippen molar-refractivity contribution < 1.29 is 14.3 Å². The summed E-state index contributed by atoms with van der Waals surface area (Å²) in [5.74, 6) is 0.681. The maximum atomic E-state index is 12.8. The highest BCUT2D eigenvalue weighted by Gasteiger charge is 2.31. The quantitative estimate of drug-likeness (QED) is 0.787. The Morgan fingerprint density at radius 3 is 2.68 bits per heavy atom. The first kappa shape index (κ1) is 15.5. The highest BCUT2D eigenvalue weighted by atomic mass is 32.1. The molecule has 0 saturated carbocycles. The molecular formula is C17H23NO3S. The molecule has 2 heterocycles. The Morgan fingerprint density at radius 1 is 1.27 bits per heavy atom. The number of fused-ring (bicyclic) bond motifs is 1. The van der Waals surface area contributed by atoms with Crippen LogP contribution in [-0.4, -0.2) is 37.0 Å². The van der Waals surface area contributed by atoms with E-state index in [9.17, 15) is 9.59 Å². The molecule has 1 fully saturated rings. The second kappa shape index (κ2) is 6.41. The van der Waals surface area contributed by atoms with Gasteiger partial charge in [0.25, 0.3) is 5.91 Å². The minimum Gasteiger partial charge on any atom is -0.469 e. The van der Waals surface area contributed by atoms with Crippen molar-refractivity contribution in [3.8, 4) is 0 Å². The van der Waals surface area contributed by atoms with Crippen molar-refractivity contribution in [2.75, 3.05) is 20.2 Å². The van der Waals surface area contributed by atoms with Crippen molar-refractivity contribution in [1.82, 2.24) is 4.90 Å². The van der Waals surface area contributed by atoms with E-state index in [1.807, 2.05) is 10.3 Å². The van der Waals surface area contributed by atoms with Crippen molar-refractivity contribution in [3.63, 3.8) is 0 Å². The largest absolute Gasteiger partial charge is 0.469 e. The van der Waals surface area contributed by atoms with Crippen molar-refractivity contribution >= 4 is 23.2 Å². The van der Waals surface area contributed by atoms with Gasteiger partial charge in [0, 0.05) is 23.3 Å². The van der Waals surface area contributed by atoms with Gasteiger partial charge in [0.1, 0.15) is 0 Å². The standard InChI is InChI=1S/C17H23NO3S/c1-11-3-4-13-14(10-22-15(13)9-11)16(19)18-7-5-12(6-8-18)17(20)21-2/h10-12H,3-9H2,1-2H3/t11-/m1/s1. The number of esters is 1. The van der Waals surface area contributed by atoms with Crippen LogP contribution in [0.15, 0.2) is 5.38 Å². The van der Waals surface area contributed by atoms with Crippen LogP contribution in [0.4, 0.5) is 0 Å². The number of piperidine rings is 1. The number of carbonyl (C=O) groups excluding carboxylic acids is 2. The summed E-state index contributed by atoms with van der Waals surface area (Å²) in [6.07, 6.45) is 4.73. The van der Waals surface area contributed by atoms with Gasteiger partial charge in [-0.15, -0.1) is 11.3 Å². The lowest BCUT2D eigenvalue weighted by molar-refractivity contribution is -0.146. The van der Waals surface area contributed by atoms with Gasteiger partial charge >= 0.3 is 5.97 Å². The average molecular weight is 321 g/mol. The maximum Gasteiger partial charge on any atom is 0.308 e. The Kier molecular flexibility index (Phi) is 4.52. The fraction of sp³-hybridized carbons (Fsp3) is 0.647. The number of hydrogen-bond donors (Lipinski definition) is 0. The highest BCUT2D eigenvalue weighted by molar-refractivity contribution is 7.10. The van der Waals surface area contributed by atoms with Gasteiger partial charge in [-0.05, 0) is 43.6 Å². The zero-order chi connectivity index (χ0) is 15.7. The van der Waals surface area contributed by atoms with Crippen LogP contribution < -0.4 is 0 Å². The minimum absolute atomic E-state index is 0.0497. The summed E-state index contributed by atoms with van der Waals surface area (Å²) in [7, 11) is 1.43. The normalized spacial score (nSPS) is 22.3. The van der Waals surface area contributed by atoms with Gasteiger partial charge in [0.15, 0.2) is 0 Å². The lowest BCUT2D eigenvalue weighted by Crippen LogP contribution is -2.40. The molecule has 0 N–H and O–H groups in total. The van der Waals surface area contributed by atoms with Crippen LogP contribution in [-0.2, 0) is 22.4 Å². The molecule has 22 heavy (non-hydrogen) atoms. The van der Waals surface area contributed by atoms with Gasteiger partial charge in [0.2, 0.25) is 0 Å².